The number of aliphatic hydroxyl groups excluding tert-OH is 5. The highest BCUT2D eigenvalue weighted by Crippen LogP contribution is 2.08. The van der Waals surface area contributed by atoms with Gasteiger partial charge in [-0.25, -0.2) is 4.79 Å². The first-order valence-electron chi connectivity index (χ1n) is 4.84. The zero-order chi connectivity index (χ0) is 13.6. The third kappa shape index (κ3) is 4.75. The van der Waals surface area contributed by atoms with Gasteiger partial charge in [0.2, 0.25) is 0 Å². The summed E-state index contributed by atoms with van der Waals surface area (Å²) >= 11 is 0. The molecule has 0 fully saturated rings. The molecule has 0 bridgehead atoms. The average Bonchev–Trinajstić information content (AvgIpc) is 2.32. The van der Waals surface area contributed by atoms with E-state index >= 15 is 0 Å². The number of carbonyl (C=O) groups excluding carboxylic acids is 2. The van der Waals surface area contributed by atoms with E-state index in [-0.39, 0.29) is 6.29 Å². The van der Waals surface area contributed by atoms with Crippen molar-refractivity contribution < 1.29 is 39.9 Å². The van der Waals surface area contributed by atoms with Crippen LogP contribution in [-0.4, -0.2) is 74.9 Å². The third-order valence-electron chi connectivity index (χ3n) is 2.00. The van der Waals surface area contributed by atoms with E-state index in [1.165, 1.54) is 0 Å². The Bertz CT molecular complexity index is 253. The van der Waals surface area contributed by atoms with Gasteiger partial charge in [-0.15, -0.1) is 0 Å². The largest absolute Gasteiger partial charge is 0.450 e. The second-order valence-electron chi connectivity index (χ2n) is 3.44. The molecular formula is C9H16O8. The van der Waals surface area contributed by atoms with Gasteiger partial charge in [0, 0.05) is 0 Å². The van der Waals surface area contributed by atoms with Crippen LogP contribution in [0.25, 0.3) is 0 Å². The average molecular weight is 252 g/mol. The van der Waals surface area contributed by atoms with Crippen LogP contribution in [-0.2, 0) is 14.3 Å². The monoisotopic (exact) mass is 252 g/mol. The van der Waals surface area contributed by atoms with Crippen LogP contribution in [0.15, 0.2) is 0 Å². The lowest BCUT2D eigenvalue weighted by molar-refractivity contribution is -0.174. The maximum atomic E-state index is 10.9. The van der Waals surface area contributed by atoms with Crippen molar-refractivity contribution in [3.63, 3.8) is 0 Å². The minimum atomic E-state index is -1.91. The van der Waals surface area contributed by atoms with Crippen molar-refractivity contribution >= 4 is 12.3 Å². The number of aliphatic hydroxyl groups is 5. The smallest absolute Gasteiger partial charge is 0.335 e. The van der Waals surface area contributed by atoms with Crippen LogP contribution in [0.1, 0.15) is 6.92 Å². The normalized spacial score (nSPS) is 19.9. The summed E-state index contributed by atoms with van der Waals surface area (Å²) in [5.41, 5.74) is 0. The summed E-state index contributed by atoms with van der Waals surface area (Å²) in [5.74, 6) is -1.16. The second kappa shape index (κ2) is 7.30. The Morgan fingerprint density at radius 2 is 1.76 bits per heavy atom. The first kappa shape index (κ1) is 15.9. The third-order valence-corrected chi connectivity index (χ3v) is 2.00. The van der Waals surface area contributed by atoms with E-state index in [9.17, 15) is 19.8 Å². The molecule has 0 heterocycles. The molecule has 0 spiro atoms. The van der Waals surface area contributed by atoms with Gasteiger partial charge < -0.3 is 30.3 Å². The molecule has 5 N–H and O–H groups in total. The van der Waals surface area contributed by atoms with Gasteiger partial charge in [0.15, 0.2) is 12.4 Å². The summed E-state index contributed by atoms with van der Waals surface area (Å²) in [5, 5.41) is 45.0. The van der Waals surface area contributed by atoms with Gasteiger partial charge in [-0.1, -0.05) is 0 Å². The van der Waals surface area contributed by atoms with Crippen molar-refractivity contribution in [3.8, 4) is 0 Å². The molecule has 0 aliphatic rings. The van der Waals surface area contributed by atoms with Crippen LogP contribution >= 0.6 is 0 Å². The number of esters is 1. The van der Waals surface area contributed by atoms with E-state index in [2.05, 4.69) is 4.74 Å². The fourth-order valence-corrected chi connectivity index (χ4v) is 0.941. The predicted molar refractivity (Wildman–Crippen MR) is 52.7 cm³/mol. The SMILES string of the molecule is CC(O)C(=O)O[C@@H](C=O)[C@@H](O)[C@@H](O)[C@H](O)CO. The standard InChI is InChI=1S/C9H16O8/c1-4(12)9(16)17-6(3-11)8(15)7(14)5(13)2-10/h3-8,10,12-15H,2H2,1H3/t4?,5-,6+,7+,8-/m1/s1. The zero-order valence-corrected chi connectivity index (χ0v) is 9.13. The number of carbonyl (C=O) groups is 2. The summed E-state index contributed by atoms with van der Waals surface area (Å²) in [7, 11) is 0. The Labute approximate surface area is 97.1 Å². The van der Waals surface area contributed by atoms with Gasteiger partial charge >= 0.3 is 5.97 Å². The second-order valence-corrected chi connectivity index (χ2v) is 3.44. The lowest BCUT2D eigenvalue weighted by Gasteiger charge is -2.25. The molecule has 0 aromatic rings. The van der Waals surface area contributed by atoms with E-state index in [0.717, 1.165) is 6.92 Å². The molecule has 0 aliphatic heterocycles. The summed E-state index contributed by atoms with van der Waals surface area (Å²) in [6, 6.07) is 0. The lowest BCUT2D eigenvalue weighted by atomic mass is 10.0. The molecule has 100 valence electrons. The molecule has 0 amide bonds. The molecule has 0 rings (SSSR count). The Balaban J connectivity index is 4.55. The Kier molecular flexibility index (Phi) is 6.85. The molecule has 0 radical (unpaired) electrons. The van der Waals surface area contributed by atoms with Crippen LogP contribution in [0.2, 0.25) is 0 Å². The summed E-state index contributed by atoms with van der Waals surface area (Å²) in [6.07, 6.45) is -8.65. The number of hydrogen-bond acceptors (Lipinski definition) is 8. The van der Waals surface area contributed by atoms with Gasteiger partial charge in [0.05, 0.1) is 6.61 Å². The van der Waals surface area contributed by atoms with Gasteiger partial charge in [-0.2, -0.15) is 0 Å². The number of hydrogen-bond donors (Lipinski definition) is 5. The maximum Gasteiger partial charge on any atom is 0.335 e. The number of aldehydes is 1. The molecular weight excluding hydrogens is 236 g/mol. The van der Waals surface area contributed by atoms with E-state index < -0.39 is 43.1 Å². The van der Waals surface area contributed by atoms with Crippen molar-refractivity contribution in [2.24, 2.45) is 0 Å². The van der Waals surface area contributed by atoms with Gasteiger partial charge in [0.1, 0.15) is 24.4 Å². The fourth-order valence-electron chi connectivity index (χ4n) is 0.941. The van der Waals surface area contributed by atoms with Crippen LogP contribution < -0.4 is 0 Å². The van der Waals surface area contributed by atoms with Crippen LogP contribution in [0.5, 0.6) is 0 Å². The molecule has 5 atom stereocenters. The van der Waals surface area contributed by atoms with Crippen molar-refractivity contribution in [2.75, 3.05) is 6.61 Å². The first-order valence-corrected chi connectivity index (χ1v) is 4.84. The molecule has 0 saturated carbocycles. The minimum Gasteiger partial charge on any atom is -0.450 e. The summed E-state index contributed by atoms with van der Waals surface area (Å²) in [6.45, 7) is 0.254. The highest BCUT2D eigenvalue weighted by molar-refractivity contribution is 5.76. The summed E-state index contributed by atoms with van der Waals surface area (Å²) < 4.78 is 4.38. The zero-order valence-electron chi connectivity index (χ0n) is 9.13. The summed E-state index contributed by atoms with van der Waals surface area (Å²) in [4.78, 5) is 21.5. The molecule has 17 heavy (non-hydrogen) atoms. The molecule has 8 nitrogen and oxygen atoms in total. The van der Waals surface area contributed by atoms with Gasteiger partial charge in [-0.05, 0) is 6.92 Å². The van der Waals surface area contributed by atoms with E-state index in [0.29, 0.717) is 0 Å². The molecule has 0 aromatic heterocycles. The number of ether oxygens (including phenoxy) is 1. The molecule has 0 saturated heterocycles. The van der Waals surface area contributed by atoms with Crippen LogP contribution in [0.3, 0.4) is 0 Å². The van der Waals surface area contributed by atoms with Crippen molar-refractivity contribution in [1.29, 1.82) is 0 Å². The van der Waals surface area contributed by atoms with E-state index in [1.54, 1.807) is 0 Å². The molecule has 8 heteroatoms. The van der Waals surface area contributed by atoms with Crippen LogP contribution in [0.4, 0.5) is 0 Å². The number of rotatable bonds is 7. The van der Waals surface area contributed by atoms with Gasteiger partial charge in [-0.3, -0.25) is 4.79 Å². The van der Waals surface area contributed by atoms with E-state index in [1.807, 2.05) is 0 Å². The van der Waals surface area contributed by atoms with Crippen molar-refractivity contribution in [2.45, 2.75) is 37.4 Å². The topological polar surface area (TPSA) is 145 Å². The highest BCUT2D eigenvalue weighted by atomic mass is 16.6. The highest BCUT2D eigenvalue weighted by Gasteiger charge is 2.34. The molecule has 1 unspecified atom stereocenters. The van der Waals surface area contributed by atoms with E-state index in [4.69, 9.17) is 15.3 Å². The molecule has 0 aliphatic carbocycles. The quantitative estimate of drug-likeness (QED) is 0.232. The Morgan fingerprint density at radius 3 is 2.12 bits per heavy atom. The predicted octanol–water partition coefficient (Wildman–Crippen LogP) is -3.45. The van der Waals surface area contributed by atoms with Crippen LogP contribution in [0, 0.1) is 0 Å². The molecule has 0 aromatic carbocycles. The maximum absolute atomic E-state index is 10.9. The Morgan fingerprint density at radius 1 is 1.24 bits per heavy atom. The lowest BCUT2D eigenvalue weighted by Crippen LogP contribution is -2.48. The first-order chi connectivity index (χ1) is 7.84. The van der Waals surface area contributed by atoms with Crippen molar-refractivity contribution in [3.05, 3.63) is 0 Å². The van der Waals surface area contributed by atoms with Crippen molar-refractivity contribution in [1.82, 2.24) is 0 Å². The minimum absolute atomic E-state index is 0.0399. The fraction of sp³-hybridized carbons (Fsp3) is 0.778. The Hall–Kier alpha value is -1.06. The van der Waals surface area contributed by atoms with Gasteiger partial charge in [0.25, 0.3) is 0 Å².